The van der Waals surface area contributed by atoms with Crippen LogP contribution in [0.3, 0.4) is 0 Å². The molecule has 0 amide bonds. The van der Waals surface area contributed by atoms with Crippen LogP contribution in [0.1, 0.15) is 25.0 Å². The molecule has 0 heterocycles. The lowest BCUT2D eigenvalue weighted by Gasteiger charge is -1.93. The second kappa shape index (κ2) is 3.16. The van der Waals surface area contributed by atoms with E-state index in [1.54, 1.807) is 31.2 Å². The van der Waals surface area contributed by atoms with Crippen LogP contribution in [0.4, 0.5) is 0 Å². The first kappa shape index (κ1) is 5.66. The lowest BCUT2D eigenvalue weighted by Crippen LogP contribution is -1.94. The zero-order valence-corrected chi connectivity index (χ0v) is 5.87. The molecule has 0 bridgehead atoms. The van der Waals surface area contributed by atoms with Gasteiger partial charge in [-0.15, -0.1) is 0 Å². The lowest BCUT2D eigenvalue weighted by atomic mass is 10.1. The Balaban J connectivity index is 2.86. The third-order valence-electron chi connectivity index (χ3n) is 1.32. The van der Waals surface area contributed by atoms with E-state index in [-0.39, 0.29) is 5.78 Å². The van der Waals surface area contributed by atoms with Crippen LogP contribution in [0.2, 0.25) is 0 Å². The van der Waals surface area contributed by atoms with Crippen LogP contribution < -0.4 is 0 Å². The van der Waals surface area contributed by atoms with Crippen LogP contribution in [-0.4, -0.2) is 5.78 Å². The fourth-order valence-electron chi connectivity index (χ4n) is 0.769. The second-order valence-electron chi connectivity index (χ2n) is 2.02. The molecule has 0 spiro atoms. The van der Waals surface area contributed by atoms with Crippen LogP contribution >= 0.6 is 0 Å². The molecule has 52 valence electrons. The first-order chi connectivity index (χ1) is 5.22. The van der Waals surface area contributed by atoms with E-state index in [0.717, 1.165) is 0 Å². The molecular weight excluding hydrogens is 124 g/mol. The van der Waals surface area contributed by atoms with E-state index in [4.69, 9.17) is 1.37 Å². The Hall–Kier alpha value is -1.11. The molecule has 1 heteroatoms. The van der Waals surface area contributed by atoms with Gasteiger partial charge in [-0.25, -0.2) is 0 Å². The highest BCUT2D eigenvalue weighted by atomic mass is 16.1. The van der Waals surface area contributed by atoms with Gasteiger partial charge in [-0.05, 0) is 0 Å². The van der Waals surface area contributed by atoms with Crippen molar-refractivity contribution < 1.29 is 6.17 Å². The summed E-state index contributed by atoms with van der Waals surface area (Å²) in [4.78, 5) is 11.2. The molecule has 10 heavy (non-hydrogen) atoms. The molecule has 0 aromatic heterocycles. The molecule has 1 aromatic rings. The van der Waals surface area contributed by atoms with Crippen LogP contribution in [-0.2, 0) is 0 Å². The number of Topliss-reactive ketones (excluding diaryl/α,β-unsaturated/α-hetero) is 1. The Labute approximate surface area is 62.1 Å². The van der Waals surface area contributed by atoms with Gasteiger partial charge in [0.1, 0.15) is 0 Å². The predicted octanol–water partition coefficient (Wildman–Crippen LogP) is 2.28. The summed E-state index contributed by atoms with van der Waals surface area (Å²) in [5, 5.41) is 0. The molecule has 1 aromatic carbocycles. The van der Waals surface area contributed by atoms with Gasteiger partial charge in [-0.3, -0.25) is 4.79 Å². The van der Waals surface area contributed by atoms with Crippen molar-refractivity contribution in [2.24, 2.45) is 0 Å². The minimum absolute atomic E-state index is 0.120. The van der Waals surface area contributed by atoms with E-state index in [1.807, 2.05) is 6.07 Å². The van der Waals surface area contributed by atoms with Gasteiger partial charge >= 0.3 is 0 Å². The standard InChI is InChI=1S/C9H10O/c1-2-9(10)8-6-4-3-5-7-8/h3-7H,2H2,1H3/i2D/t2-/m0/s1. The lowest BCUT2D eigenvalue weighted by molar-refractivity contribution is 0.0988. The molecular formula is C9H10O. The average Bonchev–Trinajstić information content (AvgIpc) is 2.05. The largest absolute Gasteiger partial charge is 0.294 e. The van der Waals surface area contributed by atoms with Crippen LogP contribution in [0.5, 0.6) is 0 Å². The summed E-state index contributed by atoms with van der Waals surface area (Å²) in [6.07, 6.45) is -0.655. The molecule has 0 aliphatic heterocycles. The quantitative estimate of drug-likeness (QED) is 0.568. The number of benzene rings is 1. The molecule has 1 atom stereocenters. The van der Waals surface area contributed by atoms with E-state index in [2.05, 4.69) is 0 Å². The zero-order chi connectivity index (χ0) is 8.27. The highest BCUT2D eigenvalue weighted by Crippen LogP contribution is 2.01. The second-order valence-corrected chi connectivity index (χ2v) is 2.02. The minimum Gasteiger partial charge on any atom is -0.294 e. The number of hydrogen-bond acceptors (Lipinski definition) is 1. The van der Waals surface area contributed by atoms with Crippen molar-refractivity contribution in [3.05, 3.63) is 35.9 Å². The summed E-state index contributed by atoms with van der Waals surface area (Å²) in [5.74, 6) is -0.120. The van der Waals surface area contributed by atoms with Crippen molar-refractivity contribution in [3.8, 4) is 0 Å². The molecule has 1 nitrogen and oxygen atoms in total. The zero-order valence-electron chi connectivity index (χ0n) is 6.87. The monoisotopic (exact) mass is 135 g/mol. The number of carbonyl (C=O) groups is 1. The van der Waals surface area contributed by atoms with Crippen molar-refractivity contribution in [1.82, 2.24) is 0 Å². The Bertz CT molecular complexity index is 241. The van der Waals surface area contributed by atoms with Gasteiger partial charge in [0.2, 0.25) is 0 Å². The van der Waals surface area contributed by atoms with Gasteiger partial charge in [-0.1, -0.05) is 37.3 Å². The first-order valence-corrected chi connectivity index (χ1v) is 3.23. The predicted molar refractivity (Wildman–Crippen MR) is 41.1 cm³/mol. The number of carbonyl (C=O) groups excluding carboxylic acids is 1. The molecule has 0 fully saturated rings. The average molecular weight is 135 g/mol. The summed E-state index contributed by atoms with van der Waals surface area (Å²) in [5.41, 5.74) is 0.620. The van der Waals surface area contributed by atoms with Gasteiger partial charge in [0, 0.05) is 13.3 Å². The fourth-order valence-corrected chi connectivity index (χ4v) is 0.769. The maximum Gasteiger partial charge on any atom is 0.162 e. The first-order valence-electron chi connectivity index (χ1n) is 3.81. The summed E-state index contributed by atoms with van der Waals surface area (Å²) >= 11 is 0. The van der Waals surface area contributed by atoms with E-state index in [0.29, 0.717) is 5.56 Å². The maximum absolute atomic E-state index is 11.2. The molecule has 1 rings (SSSR count). The van der Waals surface area contributed by atoms with E-state index >= 15 is 0 Å². The van der Waals surface area contributed by atoms with Gasteiger partial charge in [-0.2, -0.15) is 0 Å². The highest BCUT2D eigenvalue weighted by Gasteiger charge is 1.98. The highest BCUT2D eigenvalue weighted by molar-refractivity contribution is 5.95. The van der Waals surface area contributed by atoms with Crippen molar-refractivity contribution in [2.75, 3.05) is 0 Å². The van der Waals surface area contributed by atoms with Crippen LogP contribution in [0.15, 0.2) is 30.3 Å². The van der Waals surface area contributed by atoms with Gasteiger partial charge < -0.3 is 0 Å². The van der Waals surface area contributed by atoms with Crippen molar-refractivity contribution >= 4 is 5.78 Å². The Morgan fingerprint density at radius 3 is 2.60 bits per heavy atom. The Morgan fingerprint density at radius 2 is 2.10 bits per heavy atom. The Morgan fingerprint density at radius 1 is 1.50 bits per heavy atom. The van der Waals surface area contributed by atoms with E-state index in [1.165, 1.54) is 0 Å². The summed E-state index contributed by atoms with van der Waals surface area (Å²) in [6.45, 7) is 1.58. The summed E-state index contributed by atoms with van der Waals surface area (Å²) < 4.78 is 7.17. The smallest absolute Gasteiger partial charge is 0.162 e. The third-order valence-corrected chi connectivity index (χ3v) is 1.32. The molecule has 0 unspecified atom stereocenters. The number of ketones is 1. The van der Waals surface area contributed by atoms with Crippen LogP contribution in [0.25, 0.3) is 0 Å². The molecule has 0 radical (unpaired) electrons. The minimum atomic E-state index is -0.655. The molecule has 0 saturated carbocycles. The third kappa shape index (κ3) is 1.44. The maximum atomic E-state index is 11.2. The molecule has 0 saturated heterocycles. The topological polar surface area (TPSA) is 17.1 Å². The van der Waals surface area contributed by atoms with E-state index < -0.39 is 6.40 Å². The molecule has 0 aliphatic rings. The number of hydrogen-bond donors (Lipinski definition) is 0. The summed E-state index contributed by atoms with van der Waals surface area (Å²) in [7, 11) is 0. The van der Waals surface area contributed by atoms with Crippen molar-refractivity contribution in [1.29, 1.82) is 0 Å². The fraction of sp³-hybridized carbons (Fsp3) is 0.222. The summed E-state index contributed by atoms with van der Waals surface area (Å²) in [6, 6.07) is 8.91. The van der Waals surface area contributed by atoms with Gasteiger partial charge in [0.05, 0.1) is 0 Å². The molecule has 0 N–H and O–H groups in total. The van der Waals surface area contributed by atoms with Crippen molar-refractivity contribution in [2.45, 2.75) is 13.3 Å². The van der Waals surface area contributed by atoms with Crippen molar-refractivity contribution in [3.63, 3.8) is 0 Å². The van der Waals surface area contributed by atoms with E-state index in [9.17, 15) is 4.79 Å². The SMILES string of the molecule is [2H][C@@H](C)C(=O)c1ccccc1. The van der Waals surface area contributed by atoms with Gasteiger partial charge in [0.15, 0.2) is 5.78 Å². The number of rotatable bonds is 2. The van der Waals surface area contributed by atoms with Crippen LogP contribution in [0, 0.1) is 0 Å². The Kier molecular flexibility index (Phi) is 1.79. The normalized spacial score (nSPS) is 13.9. The molecule has 0 aliphatic carbocycles. The van der Waals surface area contributed by atoms with Gasteiger partial charge in [0.25, 0.3) is 0 Å².